The highest BCUT2D eigenvalue weighted by Gasteiger charge is 2.47. The van der Waals surface area contributed by atoms with E-state index in [4.69, 9.17) is 5.84 Å². The van der Waals surface area contributed by atoms with Crippen molar-refractivity contribution in [2.45, 2.75) is 58.2 Å². The maximum atomic E-state index is 13.2. The van der Waals surface area contributed by atoms with E-state index >= 15 is 0 Å². The molecule has 0 aliphatic heterocycles. The molecule has 0 aromatic carbocycles. The summed E-state index contributed by atoms with van der Waals surface area (Å²) in [5.41, 5.74) is 3.56. The van der Waals surface area contributed by atoms with Crippen molar-refractivity contribution in [3.05, 3.63) is 15.6 Å². The van der Waals surface area contributed by atoms with Crippen molar-refractivity contribution in [3.8, 4) is 0 Å². The Kier molecular flexibility index (Phi) is 5.27. The highest BCUT2D eigenvalue weighted by Crippen LogP contribution is 2.43. The fourth-order valence-corrected chi connectivity index (χ4v) is 4.19. The van der Waals surface area contributed by atoms with Gasteiger partial charge in [-0.15, -0.1) is 11.3 Å². The van der Waals surface area contributed by atoms with Gasteiger partial charge >= 0.3 is 6.18 Å². The summed E-state index contributed by atoms with van der Waals surface area (Å²) in [7, 11) is 0. The van der Waals surface area contributed by atoms with E-state index in [0.29, 0.717) is 19.3 Å². The topological polar surface area (TPSA) is 50.9 Å². The Morgan fingerprint density at radius 2 is 2.00 bits per heavy atom. The summed E-state index contributed by atoms with van der Waals surface area (Å²) in [5, 5.41) is 0.861. The van der Waals surface area contributed by atoms with Gasteiger partial charge in [0.2, 0.25) is 0 Å². The number of aryl methyl sites for hydroxylation is 2. The van der Waals surface area contributed by atoms with Crippen molar-refractivity contribution < 1.29 is 13.2 Å². The lowest BCUT2D eigenvalue weighted by molar-refractivity contribution is -0.199. The Morgan fingerprint density at radius 3 is 2.52 bits per heavy atom. The third kappa shape index (κ3) is 3.96. The minimum absolute atomic E-state index is 0.211. The molecule has 3 N–H and O–H groups in total. The summed E-state index contributed by atoms with van der Waals surface area (Å²) < 4.78 is 39.6. The summed E-state index contributed by atoms with van der Waals surface area (Å²) in [5.74, 6) is 3.84. The summed E-state index contributed by atoms with van der Waals surface area (Å²) >= 11 is 1.54. The summed E-state index contributed by atoms with van der Waals surface area (Å²) in [6.45, 7) is 3.89. The molecule has 3 nitrogen and oxygen atoms in total. The number of nitrogens with one attached hydrogen (secondary N) is 1. The van der Waals surface area contributed by atoms with E-state index in [2.05, 4.69) is 10.4 Å². The van der Waals surface area contributed by atoms with Gasteiger partial charge < -0.3 is 0 Å². The molecule has 0 spiro atoms. The van der Waals surface area contributed by atoms with Gasteiger partial charge in [-0.2, -0.15) is 13.2 Å². The summed E-state index contributed by atoms with van der Waals surface area (Å²) in [4.78, 5) is 5.53. The molecule has 1 aromatic rings. The minimum Gasteiger partial charge on any atom is -0.271 e. The zero-order valence-corrected chi connectivity index (χ0v) is 13.2. The maximum absolute atomic E-state index is 13.2. The lowest BCUT2D eigenvalue weighted by atomic mass is 9.74. The average molecular weight is 321 g/mol. The van der Waals surface area contributed by atoms with Crippen molar-refractivity contribution in [2.75, 3.05) is 0 Å². The summed E-state index contributed by atoms with van der Waals surface area (Å²) in [6, 6.07) is -0.373. The van der Waals surface area contributed by atoms with Crippen molar-refractivity contribution >= 4 is 11.3 Å². The number of aromatic nitrogens is 1. The van der Waals surface area contributed by atoms with Crippen LogP contribution in [0.4, 0.5) is 13.2 Å². The number of rotatable bonds is 4. The lowest BCUT2D eigenvalue weighted by Crippen LogP contribution is -2.49. The lowest BCUT2D eigenvalue weighted by Gasteiger charge is -2.37. The molecule has 1 saturated carbocycles. The van der Waals surface area contributed by atoms with Gasteiger partial charge in [0, 0.05) is 17.3 Å². The molecule has 0 radical (unpaired) electrons. The van der Waals surface area contributed by atoms with Crippen LogP contribution >= 0.6 is 11.3 Å². The van der Waals surface area contributed by atoms with Crippen LogP contribution in [0.1, 0.15) is 41.3 Å². The van der Waals surface area contributed by atoms with Crippen LogP contribution in [0.3, 0.4) is 0 Å². The SMILES string of the molecule is Cc1nc(CC(NN)C2CCCCC2C(F)(F)F)sc1C. The van der Waals surface area contributed by atoms with Gasteiger partial charge in [-0.1, -0.05) is 12.8 Å². The Balaban J connectivity index is 2.14. The minimum atomic E-state index is -4.14. The van der Waals surface area contributed by atoms with Crippen molar-refractivity contribution in [3.63, 3.8) is 0 Å². The molecular formula is C14H22F3N3S. The third-order valence-corrected chi connectivity index (χ3v) is 5.53. The first-order valence-electron chi connectivity index (χ1n) is 7.28. The number of nitrogens with two attached hydrogens (primary N) is 1. The predicted molar refractivity (Wildman–Crippen MR) is 77.9 cm³/mol. The molecule has 3 unspecified atom stereocenters. The molecule has 0 bridgehead atoms. The van der Waals surface area contributed by atoms with Gasteiger partial charge in [0.25, 0.3) is 0 Å². The second-order valence-electron chi connectivity index (χ2n) is 5.82. The van der Waals surface area contributed by atoms with Crippen LogP contribution in [-0.4, -0.2) is 17.2 Å². The first-order valence-corrected chi connectivity index (χ1v) is 8.10. The normalized spacial score (nSPS) is 25.0. The van der Waals surface area contributed by atoms with Crippen LogP contribution in [0.2, 0.25) is 0 Å². The molecule has 1 fully saturated rings. The fourth-order valence-electron chi connectivity index (χ4n) is 3.20. The largest absolute Gasteiger partial charge is 0.392 e. The van der Waals surface area contributed by atoms with E-state index in [1.54, 1.807) is 11.3 Å². The number of hydrogen-bond donors (Lipinski definition) is 2. The van der Waals surface area contributed by atoms with Crippen LogP contribution in [0.15, 0.2) is 0 Å². The first kappa shape index (κ1) is 16.7. The highest BCUT2D eigenvalue weighted by atomic mass is 32.1. The molecule has 0 saturated heterocycles. The number of halogens is 3. The second-order valence-corrected chi connectivity index (χ2v) is 7.11. The molecular weight excluding hydrogens is 299 g/mol. The van der Waals surface area contributed by atoms with E-state index in [1.165, 1.54) is 0 Å². The average Bonchev–Trinajstić information content (AvgIpc) is 2.74. The molecule has 1 aliphatic carbocycles. The Hall–Kier alpha value is -0.660. The molecule has 1 heterocycles. The van der Waals surface area contributed by atoms with Crippen LogP contribution in [0.5, 0.6) is 0 Å². The van der Waals surface area contributed by atoms with Crippen LogP contribution in [0, 0.1) is 25.7 Å². The number of hydrogen-bond acceptors (Lipinski definition) is 4. The summed E-state index contributed by atoms with van der Waals surface area (Å²) in [6.07, 6.45) is -1.41. The van der Waals surface area contributed by atoms with Crippen LogP contribution in [0.25, 0.3) is 0 Å². The Labute approximate surface area is 127 Å². The fraction of sp³-hybridized carbons (Fsp3) is 0.786. The number of alkyl halides is 3. The molecule has 7 heteroatoms. The molecule has 21 heavy (non-hydrogen) atoms. The van der Waals surface area contributed by atoms with Gasteiger partial charge in [-0.05, 0) is 32.6 Å². The van der Waals surface area contributed by atoms with Gasteiger partial charge in [-0.3, -0.25) is 11.3 Å². The van der Waals surface area contributed by atoms with Gasteiger partial charge in [0.05, 0.1) is 16.6 Å². The first-order chi connectivity index (χ1) is 9.82. The standard InChI is InChI=1S/C14H22F3N3S/c1-8-9(2)21-13(19-8)7-12(20-18)10-5-3-4-6-11(10)14(15,16)17/h10-12,20H,3-7,18H2,1-2H3. The Bertz CT molecular complexity index is 453. The zero-order chi connectivity index (χ0) is 15.6. The molecule has 3 atom stereocenters. The number of nitrogens with zero attached hydrogens (tertiary/aromatic N) is 1. The maximum Gasteiger partial charge on any atom is 0.392 e. The van der Waals surface area contributed by atoms with Crippen LogP contribution < -0.4 is 11.3 Å². The Morgan fingerprint density at radius 1 is 1.33 bits per heavy atom. The molecule has 120 valence electrons. The quantitative estimate of drug-likeness (QED) is 0.659. The number of hydrazine groups is 1. The smallest absolute Gasteiger partial charge is 0.271 e. The van der Waals surface area contributed by atoms with E-state index in [9.17, 15) is 13.2 Å². The van der Waals surface area contributed by atoms with Gasteiger partial charge in [-0.25, -0.2) is 4.98 Å². The van der Waals surface area contributed by atoms with E-state index < -0.39 is 18.0 Å². The molecule has 0 amide bonds. The van der Waals surface area contributed by atoms with E-state index in [-0.39, 0.29) is 12.5 Å². The second kappa shape index (κ2) is 6.62. The van der Waals surface area contributed by atoms with Crippen molar-refractivity contribution in [2.24, 2.45) is 17.7 Å². The van der Waals surface area contributed by atoms with Gasteiger partial charge in [0.15, 0.2) is 0 Å². The number of thiazole rings is 1. The van der Waals surface area contributed by atoms with Crippen molar-refractivity contribution in [1.29, 1.82) is 0 Å². The third-order valence-electron chi connectivity index (χ3n) is 4.44. The molecule has 1 aliphatic rings. The van der Waals surface area contributed by atoms with Crippen LogP contribution in [-0.2, 0) is 6.42 Å². The monoisotopic (exact) mass is 321 g/mol. The molecule has 1 aromatic heterocycles. The zero-order valence-electron chi connectivity index (χ0n) is 12.3. The van der Waals surface area contributed by atoms with E-state index in [0.717, 1.165) is 22.0 Å². The van der Waals surface area contributed by atoms with Crippen molar-refractivity contribution in [1.82, 2.24) is 10.4 Å². The highest BCUT2D eigenvalue weighted by molar-refractivity contribution is 7.11. The van der Waals surface area contributed by atoms with E-state index in [1.807, 2.05) is 13.8 Å². The predicted octanol–water partition coefficient (Wildman–Crippen LogP) is 3.50. The van der Waals surface area contributed by atoms with Gasteiger partial charge in [0.1, 0.15) is 0 Å². The molecule has 2 rings (SSSR count).